The molecule has 0 bridgehead atoms. The van der Waals surface area contributed by atoms with Gasteiger partial charge in [-0.3, -0.25) is 14.9 Å². The molecule has 1 aliphatic heterocycles. The molecule has 28 heavy (non-hydrogen) atoms. The highest BCUT2D eigenvalue weighted by Crippen LogP contribution is 2.31. The SMILES string of the molecule is O=C1NC(=O)C(Cc2cccc3c2ccn3Cc2cccc(C(F)(F)F)c2)S1. The first-order valence-electron chi connectivity index (χ1n) is 8.55. The van der Waals surface area contributed by atoms with E-state index in [1.54, 1.807) is 6.07 Å². The zero-order chi connectivity index (χ0) is 19.9. The van der Waals surface area contributed by atoms with Gasteiger partial charge in [0.25, 0.3) is 5.24 Å². The van der Waals surface area contributed by atoms with Crippen molar-refractivity contribution in [3.8, 4) is 0 Å². The number of benzene rings is 2. The molecule has 0 saturated carbocycles. The lowest BCUT2D eigenvalue weighted by Gasteiger charge is -2.11. The van der Waals surface area contributed by atoms with E-state index in [9.17, 15) is 22.8 Å². The molecule has 8 heteroatoms. The number of rotatable bonds is 4. The number of thioether (sulfide) groups is 1. The van der Waals surface area contributed by atoms with Crippen LogP contribution in [0.1, 0.15) is 16.7 Å². The van der Waals surface area contributed by atoms with Gasteiger partial charge in [-0.15, -0.1) is 0 Å². The molecule has 0 radical (unpaired) electrons. The summed E-state index contributed by atoms with van der Waals surface area (Å²) in [6.45, 7) is 0.300. The number of nitrogens with zero attached hydrogens (tertiary/aromatic N) is 1. The lowest BCUT2D eigenvalue weighted by Crippen LogP contribution is -2.25. The van der Waals surface area contributed by atoms with Crippen LogP contribution >= 0.6 is 11.8 Å². The van der Waals surface area contributed by atoms with Crippen LogP contribution in [0.15, 0.2) is 54.7 Å². The van der Waals surface area contributed by atoms with Gasteiger partial charge < -0.3 is 4.57 Å². The standard InChI is InChI=1S/C20H15F3N2O2S/c21-20(22,23)14-5-1-3-12(9-14)11-25-8-7-15-13(4-2-6-16(15)25)10-17-18(26)24-19(27)28-17/h1-9,17H,10-11H2,(H,24,26,27). The van der Waals surface area contributed by atoms with Crippen LogP contribution in [-0.2, 0) is 23.9 Å². The number of carbonyl (C=O) groups excluding carboxylic acids is 2. The van der Waals surface area contributed by atoms with Crippen LogP contribution in [-0.4, -0.2) is 21.0 Å². The Labute approximate surface area is 162 Å². The number of hydrogen-bond donors (Lipinski definition) is 1. The van der Waals surface area contributed by atoms with Crippen LogP contribution in [0.25, 0.3) is 10.9 Å². The number of nitrogens with one attached hydrogen (secondary N) is 1. The predicted molar refractivity (Wildman–Crippen MR) is 101 cm³/mol. The molecule has 1 atom stereocenters. The number of aromatic nitrogens is 1. The Morgan fingerprint density at radius 1 is 1.07 bits per heavy atom. The Hall–Kier alpha value is -2.74. The first kappa shape index (κ1) is 18.6. The molecule has 2 heterocycles. The molecular formula is C20H15F3N2O2S. The highest BCUT2D eigenvalue weighted by Gasteiger charge is 2.32. The maximum absolute atomic E-state index is 12.9. The molecule has 2 aromatic carbocycles. The van der Waals surface area contributed by atoms with E-state index in [4.69, 9.17) is 0 Å². The molecule has 1 aliphatic rings. The van der Waals surface area contributed by atoms with E-state index in [0.717, 1.165) is 40.4 Å². The first-order chi connectivity index (χ1) is 13.3. The van der Waals surface area contributed by atoms with Crippen molar-refractivity contribution < 1.29 is 22.8 Å². The summed E-state index contributed by atoms with van der Waals surface area (Å²) in [5.41, 5.74) is 1.66. The van der Waals surface area contributed by atoms with Crippen molar-refractivity contribution in [1.29, 1.82) is 0 Å². The van der Waals surface area contributed by atoms with Gasteiger partial charge in [0, 0.05) is 23.6 Å². The maximum atomic E-state index is 12.9. The van der Waals surface area contributed by atoms with Crippen molar-refractivity contribution in [2.75, 3.05) is 0 Å². The maximum Gasteiger partial charge on any atom is 0.416 e. The van der Waals surface area contributed by atoms with Gasteiger partial charge in [0.05, 0.1) is 10.8 Å². The van der Waals surface area contributed by atoms with Gasteiger partial charge in [-0.25, -0.2) is 0 Å². The Morgan fingerprint density at radius 2 is 1.86 bits per heavy atom. The summed E-state index contributed by atoms with van der Waals surface area (Å²) in [5, 5.41) is 2.39. The molecule has 1 aromatic heterocycles. The molecular weight excluding hydrogens is 389 g/mol. The van der Waals surface area contributed by atoms with Crippen molar-refractivity contribution in [2.45, 2.75) is 24.4 Å². The number of imide groups is 1. The van der Waals surface area contributed by atoms with Gasteiger partial charge in [0.15, 0.2) is 0 Å². The van der Waals surface area contributed by atoms with Gasteiger partial charge in [-0.05, 0) is 41.8 Å². The minimum absolute atomic E-state index is 0.296. The van der Waals surface area contributed by atoms with E-state index < -0.39 is 17.0 Å². The number of halogens is 3. The summed E-state index contributed by atoms with van der Waals surface area (Å²) >= 11 is 0.977. The average Bonchev–Trinajstić information content (AvgIpc) is 3.18. The Bertz CT molecular complexity index is 1070. The monoisotopic (exact) mass is 404 g/mol. The fourth-order valence-corrected chi connectivity index (χ4v) is 4.22. The molecule has 4 nitrogen and oxygen atoms in total. The van der Waals surface area contributed by atoms with Crippen LogP contribution in [0.3, 0.4) is 0 Å². The minimum Gasteiger partial charge on any atom is -0.343 e. The zero-order valence-corrected chi connectivity index (χ0v) is 15.3. The van der Waals surface area contributed by atoms with Crippen LogP contribution in [0, 0.1) is 0 Å². The number of fused-ring (bicyclic) bond motifs is 1. The van der Waals surface area contributed by atoms with Crippen LogP contribution in [0.4, 0.5) is 18.0 Å². The Kier molecular flexibility index (Phi) is 4.66. The predicted octanol–water partition coefficient (Wildman–Crippen LogP) is 4.60. The van der Waals surface area contributed by atoms with Crippen LogP contribution in [0.5, 0.6) is 0 Å². The lowest BCUT2D eigenvalue weighted by atomic mass is 10.0. The number of hydrogen-bond acceptors (Lipinski definition) is 3. The number of amides is 2. The van der Waals surface area contributed by atoms with E-state index in [0.29, 0.717) is 18.5 Å². The second kappa shape index (κ2) is 7.01. The molecule has 1 fully saturated rings. The average molecular weight is 404 g/mol. The van der Waals surface area contributed by atoms with Crippen LogP contribution in [0.2, 0.25) is 0 Å². The topological polar surface area (TPSA) is 51.1 Å². The molecule has 144 valence electrons. The minimum atomic E-state index is -4.38. The van der Waals surface area contributed by atoms with E-state index in [-0.39, 0.29) is 11.1 Å². The second-order valence-electron chi connectivity index (χ2n) is 6.58. The van der Waals surface area contributed by atoms with Crippen molar-refractivity contribution in [1.82, 2.24) is 9.88 Å². The third-order valence-corrected chi connectivity index (χ3v) is 5.66. The zero-order valence-electron chi connectivity index (χ0n) is 14.5. The van der Waals surface area contributed by atoms with Gasteiger partial charge in [0.1, 0.15) is 0 Å². The summed E-state index contributed by atoms with van der Waals surface area (Å²) in [6, 6.07) is 12.8. The highest BCUT2D eigenvalue weighted by atomic mass is 32.2. The molecule has 0 aliphatic carbocycles. The number of alkyl halides is 3. The largest absolute Gasteiger partial charge is 0.416 e. The van der Waals surface area contributed by atoms with Crippen molar-refractivity contribution in [3.05, 3.63) is 71.4 Å². The van der Waals surface area contributed by atoms with E-state index in [1.807, 2.05) is 35.0 Å². The summed E-state index contributed by atoms with van der Waals surface area (Å²) in [4.78, 5) is 23.2. The van der Waals surface area contributed by atoms with E-state index in [1.165, 1.54) is 6.07 Å². The van der Waals surface area contributed by atoms with Gasteiger partial charge in [0.2, 0.25) is 5.91 Å². The van der Waals surface area contributed by atoms with E-state index >= 15 is 0 Å². The summed E-state index contributed by atoms with van der Waals surface area (Å²) in [7, 11) is 0. The fourth-order valence-electron chi connectivity index (χ4n) is 3.37. The van der Waals surface area contributed by atoms with Crippen molar-refractivity contribution in [2.24, 2.45) is 0 Å². The van der Waals surface area contributed by atoms with Gasteiger partial charge in [-0.1, -0.05) is 36.0 Å². The normalized spacial score (nSPS) is 17.3. The van der Waals surface area contributed by atoms with Crippen LogP contribution < -0.4 is 5.32 Å². The van der Waals surface area contributed by atoms with Gasteiger partial charge >= 0.3 is 6.18 Å². The smallest absolute Gasteiger partial charge is 0.343 e. The molecule has 2 amide bonds. The van der Waals surface area contributed by atoms with Gasteiger partial charge in [-0.2, -0.15) is 13.2 Å². The van der Waals surface area contributed by atoms with Crippen molar-refractivity contribution in [3.63, 3.8) is 0 Å². The Morgan fingerprint density at radius 3 is 2.57 bits per heavy atom. The third kappa shape index (κ3) is 3.64. The molecule has 0 spiro atoms. The molecule has 1 saturated heterocycles. The summed E-state index contributed by atoms with van der Waals surface area (Å²) in [5.74, 6) is -0.296. The van der Waals surface area contributed by atoms with Crippen molar-refractivity contribution >= 4 is 33.8 Å². The molecule has 4 rings (SSSR count). The Balaban J connectivity index is 1.62. The molecule has 1 unspecified atom stereocenters. The molecule has 1 N–H and O–H groups in total. The summed E-state index contributed by atoms with van der Waals surface area (Å²) < 4.78 is 40.7. The fraction of sp³-hybridized carbons (Fsp3) is 0.200. The second-order valence-corrected chi connectivity index (χ2v) is 7.75. The third-order valence-electron chi connectivity index (χ3n) is 4.68. The first-order valence-corrected chi connectivity index (χ1v) is 9.43. The van der Waals surface area contributed by atoms with E-state index in [2.05, 4.69) is 5.32 Å². The quantitative estimate of drug-likeness (QED) is 0.691. The molecule has 3 aromatic rings. The number of carbonyl (C=O) groups is 2. The lowest BCUT2D eigenvalue weighted by molar-refractivity contribution is -0.137. The summed E-state index contributed by atoms with van der Waals surface area (Å²) in [6.07, 6.45) is -2.15. The highest BCUT2D eigenvalue weighted by molar-refractivity contribution is 8.15.